The monoisotopic (exact) mass is 700 g/mol. The van der Waals surface area contributed by atoms with Crippen LogP contribution < -0.4 is 14.8 Å². The van der Waals surface area contributed by atoms with Gasteiger partial charge in [-0.1, -0.05) is 42.5 Å². The number of allylic oxidation sites excluding steroid dienone is 1. The number of hydrogen-bond acceptors (Lipinski definition) is 10. The molecule has 2 amide bonds. The molecule has 49 heavy (non-hydrogen) atoms. The summed E-state index contributed by atoms with van der Waals surface area (Å²) in [6.45, 7) is 12.3. The van der Waals surface area contributed by atoms with Crippen LogP contribution in [-0.4, -0.2) is 45.2 Å². The summed E-state index contributed by atoms with van der Waals surface area (Å²) in [5, 5.41) is 8.84. The number of nitrogens with one attached hydrogen (secondary N) is 1. The molecule has 0 bridgehead atoms. The molecule has 17 heteroatoms. The molecule has 266 valence electrons. The molecule has 0 saturated carbocycles. The van der Waals surface area contributed by atoms with Crippen LogP contribution in [0, 0.1) is 0 Å². The SMILES string of the molecule is C=CCC[C@@](OCc1ccccc1)(c1nnc(-c2nc(O[C@H](C)CC=C)c(C(F)(F)F)cc2OC(=O)NC(=O)OC(C)(C)C)o1)C(F)(F)F. The number of carbonyl (C=O) groups excluding carboxylic acids is 2. The van der Waals surface area contributed by atoms with Crippen LogP contribution in [0.1, 0.15) is 64.0 Å². The first-order valence-electron chi connectivity index (χ1n) is 14.6. The maximum absolute atomic E-state index is 14.9. The summed E-state index contributed by atoms with van der Waals surface area (Å²) < 4.78 is 113. The lowest BCUT2D eigenvalue weighted by Gasteiger charge is -2.32. The fourth-order valence-electron chi connectivity index (χ4n) is 4.14. The number of alkyl carbamates (subject to hydrolysis) is 1. The van der Waals surface area contributed by atoms with E-state index < -0.39 is 89.5 Å². The first-order valence-corrected chi connectivity index (χ1v) is 14.6. The first-order chi connectivity index (χ1) is 22.8. The molecule has 11 nitrogen and oxygen atoms in total. The van der Waals surface area contributed by atoms with Crippen molar-refractivity contribution in [1.29, 1.82) is 0 Å². The molecule has 1 aromatic carbocycles. The number of alkyl halides is 6. The van der Waals surface area contributed by atoms with Gasteiger partial charge in [-0.15, -0.1) is 23.4 Å². The third-order valence-corrected chi connectivity index (χ3v) is 6.33. The summed E-state index contributed by atoms with van der Waals surface area (Å²) in [5.74, 6) is -4.10. The Morgan fingerprint density at radius 2 is 1.67 bits per heavy atom. The van der Waals surface area contributed by atoms with Crippen LogP contribution in [0.15, 0.2) is 66.1 Å². The van der Waals surface area contributed by atoms with Crippen LogP contribution in [0.3, 0.4) is 0 Å². The van der Waals surface area contributed by atoms with E-state index in [9.17, 15) is 35.9 Å². The maximum atomic E-state index is 14.9. The van der Waals surface area contributed by atoms with E-state index in [4.69, 9.17) is 23.4 Å². The minimum absolute atomic E-state index is 0.0751. The first kappa shape index (κ1) is 38.5. The predicted octanol–water partition coefficient (Wildman–Crippen LogP) is 8.46. The standard InChI is InChI=1S/C32H34F6N4O7/c1-7-9-16-30(32(36,37)38,45-18-20-14-11-10-12-15-20)26-42-41-25(48-26)23-22(47-27(43)40-28(44)49-29(4,5)6)17-21(31(33,34)35)24(39-23)46-19(3)13-8-2/h7-8,10-12,14-15,17,19H,1-2,9,13,16,18H2,3-6H3,(H,40,43,44)/t19-,30-/m1/s1. The largest absolute Gasteiger partial charge is 0.474 e. The van der Waals surface area contributed by atoms with E-state index in [1.165, 1.54) is 52.0 Å². The van der Waals surface area contributed by atoms with Gasteiger partial charge in [0.25, 0.3) is 11.8 Å². The molecule has 0 saturated heterocycles. The molecule has 0 aliphatic rings. The minimum Gasteiger partial charge on any atom is -0.474 e. The van der Waals surface area contributed by atoms with Crippen molar-refractivity contribution in [2.75, 3.05) is 0 Å². The summed E-state index contributed by atoms with van der Waals surface area (Å²) in [5.41, 5.74) is -6.27. The summed E-state index contributed by atoms with van der Waals surface area (Å²) in [7, 11) is 0. The zero-order valence-electron chi connectivity index (χ0n) is 26.9. The highest BCUT2D eigenvalue weighted by atomic mass is 19.4. The van der Waals surface area contributed by atoms with E-state index in [0.717, 1.165) is 0 Å². The van der Waals surface area contributed by atoms with Crippen LogP contribution in [0.5, 0.6) is 11.6 Å². The van der Waals surface area contributed by atoms with E-state index in [-0.39, 0.29) is 18.9 Å². The van der Waals surface area contributed by atoms with Gasteiger partial charge in [-0.25, -0.2) is 19.9 Å². The van der Waals surface area contributed by atoms with Gasteiger partial charge in [0.15, 0.2) is 11.4 Å². The smallest absolute Gasteiger partial charge is 0.426 e. The molecule has 0 aliphatic heterocycles. The molecule has 0 unspecified atom stereocenters. The van der Waals surface area contributed by atoms with Crippen molar-refractivity contribution >= 4 is 12.2 Å². The highest BCUT2D eigenvalue weighted by Crippen LogP contribution is 2.47. The molecule has 3 aromatic rings. The van der Waals surface area contributed by atoms with Crippen molar-refractivity contribution in [1.82, 2.24) is 20.5 Å². The third-order valence-electron chi connectivity index (χ3n) is 6.33. The number of nitrogens with zero attached hydrogens (tertiary/aromatic N) is 3. The average Bonchev–Trinajstić information content (AvgIpc) is 3.46. The van der Waals surface area contributed by atoms with Gasteiger partial charge in [0, 0.05) is 12.5 Å². The maximum Gasteiger partial charge on any atom is 0.426 e. The predicted molar refractivity (Wildman–Crippen MR) is 161 cm³/mol. The lowest BCUT2D eigenvalue weighted by atomic mass is 9.96. The number of pyridine rings is 1. The quantitative estimate of drug-likeness (QED) is 0.137. The van der Waals surface area contributed by atoms with Crippen molar-refractivity contribution < 1.29 is 59.3 Å². The Kier molecular flexibility index (Phi) is 12.2. The number of ether oxygens (including phenoxy) is 4. The van der Waals surface area contributed by atoms with Gasteiger partial charge in [0.2, 0.25) is 11.5 Å². The van der Waals surface area contributed by atoms with Crippen molar-refractivity contribution in [2.45, 2.75) is 83.2 Å². The number of imide groups is 1. The molecule has 2 aromatic heterocycles. The number of carbonyl (C=O) groups is 2. The molecule has 3 rings (SSSR count). The Morgan fingerprint density at radius 1 is 1.00 bits per heavy atom. The second-order valence-electron chi connectivity index (χ2n) is 11.5. The van der Waals surface area contributed by atoms with E-state index in [1.807, 2.05) is 0 Å². The summed E-state index contributed by atoms with van der Waals surface area (Å²) in [4.78, 5) is 28.5. The van der Waals surface area contributed by atoms with Gasteiger partial charge in [-0.3, -0.25) is 0 Å². The second-order valence-corrected chi connectivity index (χ2v) is 11.5. The topological polar surface area (TPSA) is 135 Å². The highest BCUT2D eigenvalue weighted by Gasteiger charge is 2.61. The van der Waals surface area contributed by atoms with Crippen LogP contribution in [-0.2, 0) is 27.9 Å². The van der Waals surface area contributed by atoms with Gasteiger partial charge in [0.05, 0.1) is 6.61 Å². The Balaban J connectivity index is 2.20. The lowest BCUT2D eigenvalue weighted by molar-refractivity contribution is -0.299. The molecule has 0 fully saturated rings. The molecular formula is C32H34F6N4O7. The third kappa shape index (κ3) is 10.3. The van der Waals surface area contributed by atoms with E-state index in [2.05, 4.69) is 28.3 Å². The van der Waals surface area contributed by atoms with Crippen molar-refractivity contribution in [3.63, 3.8) is 0 Å². The van der Waals surface area contributed by atoms with Gasteiger partial charge >= 0.3 is 24.5 Å². The van der Waals surface area contributed by atoms with Crippen molar-refractivity contribution in [3.05, 3.63) is 78.7 Å². The molecule has 1 N–H and O–H groups in total. The summed E-state index contributed by atoms with van der Waals surface area (Å²) in [6, 6.07) is 8.19. The summed E-state index contributed by atoms with van der Waals surface area (Å²) in [6.07, 6.45) is -12.5. The zero-order chi connectivity index (χ0) is 36.6. The molecule has 0 aliphatic carbocycles. The number of benzene rings is 1. The number of amides is 2. The van der Waals surface area contributed by atoms with E-state index in [1.54, 1.807) is 23.5 Å². The Labute approximate surface area is 277 Å². The van der Waals surface area contributed by atoms with Crippen LogP contribution >= 0.6 is 0 Å². The molecule has 0 radical (unpaired) electrons. The normalized spacial score (nSPS) is 13.9. The van der Waals surface area contributed by atoms with E-state index >= 15 is 0 Å². The molecule has 2 heterocycles. The Morgan fingerprint density at radius 3 is 2.24 bits per heavy atom. The zero-order valence-corrected chi connectivity index (χ0v) is 26.9. The fraction of sp³-hybridized carbons (Fsp3) is 0.406. The van der Waals surface area contributed by atoms with Gasteiger partial charge in [-0.2, -0.15) is 26.3 Å². The Bertz CT molecular complexity index is 1620. The lowest BCUT2D eigenvalue weighted by Crippen LogP contribution is -2.45. The second kappa shape index (κ2) is 15.5. The minimum atomic E-state index is -5.16. The van der Waals surface area contributed by atoms with Crippen molar-refractivity contribution in [3.8, 4) is 23.2 Å². The van der Waals surface area contributed by atoms with Gasteiger partial charge in [-0.05, 0) is 46.1 Å². The molecule has 2 atom stereocenters. The van der Waals surface area contributed by atoms with Crippen molar-refractivity contribution in [2.24, 2.45) is 0 Å². The van der Waals surface area contributed by atoms with Crippen LogP contribution in [0.4, 0.5) is 35.9 Å². The highest BCUT2D eigenvalue weighted by molar-refractivity contribution is 5.89. The van der Waals surface area contributed by atoms with Gasteiger partial charge < -0.3 is 23.4 Å². The molecular weight excluding hydrogens is 666 g/mol. The number of halogens is 6. The van der Waals surface area contributed by atoms with Gasteiger partial charge in [0.1, 0.15) is 17.3 Å². The van der Waals surface area contributed by atoms with Crippen LogP contribution in [0.2, 0.25) is 0 Å². The van der Waals surface area contributed by atoms with E-state index in [0.29, 0.717) is 5.56 Å². The number of hydrogen-bond donors (Lipinski definition) is 1. The number of rotatable bonds is 13. The van der Waals surface area contributed by atoms with Crippen LogP contribution in [0.25, 0.3) is 11.6 Å². The number of aromatic nitrogens is 3. The molecule has 0 spiro atoms. The fourth-order valence-corrected chi connectivity index (χ4v) is 4.14. The Hall–Kier alpha value is -4.93. The average molecular weight is 701 g/mol. The summed E-state index contributed by atoms with van der Waals surface area (Å²) >= 11 is 0.